The van der Waals surface area contributed by atoms with Crippen molar-refractivity contribution >= 4 is 21.8 Å². The zero-order valence-electron chi connectivity index (χ0n) is 9.90. The number of nitrogens with zero attached hydrogens (tertiary/aromatic N) is 1. The molecule has 1 aromatic rings. The van der Waals surface area contributed by atoms with Crippen molar-refractivity contribution in [1.29, 1.82) is 0 Å². The van der Waals surface area contributed by atoms with E-state index in [1.807, 2.05) is 17.0 Å². The van der Waals surface area contributed by atoms with Gasteiger partial charge in [-0.1, -0.05) is 28.1 Å². The van der Waals surface area contributed by atoms with E-state index < -0.39 is 0 Å². The highest BCUT2D eigenvalue weighted by Crippen LogP contribution is 2.28. The minimum Gasteiger partial charge on any atom is -0.336 e. The van der Waals surface area contributed by atoms with E-state index >= 15 is 0 Å². The monoisotopic (exact) mass is 296 g/mol. The summed E-state index contributed by atoms with van der Waals surface area (Å²) in [5, 5.41) is 0. The highest BCUT2D eigenvalue weighted by Gasteiger charge is 2.32. The second-order valence-corrected chi connectivity index (χ2v) is 5.50. The number of hydrogen-bond acceptors (Lipinski definition) is 2. The molecule has 1 amide bonds. The molecule has 1 aromatic carbocycles. The van der Waals surface area contributed by atoms with Crippen molar-refractivity contribution in [3.05, 3.63) is 34.3 Å². The molecule has 2 N–H and O–H groups in total. The summed E-state index contributed by atoms with van der Waals surface area (Å²) in [6.07, 6.45) is 0.595. The van der Waals surface area contributed by atoms with Gasteiger partial charge in [-0.15, -0.1) is 0 Å². The van der Waals surface area contributed by atoms with Crippen LogP contribution in [0.2, 0.25) is 0 Å². The molecule has 0 radical (unpaired) electrons. The predicted molar refractivity (Wildman–Crippen MR) is 71.4 cm³/mol. The summed E-state index contributed by atoms with van der Waals surface area (Å²) in [4.78, 5) is 13.8. The van der Waals surface area contributed by atoms with Crippen molar-refractivity contribution < 1.29 is 4.79 Å². The molecular weight excluding hydrogens is 280 g/mol. The second-order valence-electron chi connectivity index (χ2n) is 4.58. The van der Waals surface area contributed by atoms with Crippen LogP contribution in [0, 0.1) is 5.92 Å². The maximum absolute atomic E-state index is 11.9. The van der Waals surface area contributed by atoms with Crippen LogP contribution in [0.1, 0.15) is 24.9 Å². The van der Waals surface area contributed by atoms with E-state index in [4.69, 9.17) is 5.73 Å². The molecule has 1 heterocycles. The fourth-order valence-corrected chi connectivity index (χ4v) is 2.53. The standard InChI is InChI=1S/C13H17BrN2O/c1-9(11-2-4-12(14)5-3-11)16-8-10(7-15)6-13(16)17/h2-5,9-10H,6-8,15H2,1H3/t9-,10?/m1/s1. The van der Waals surface area contributed by atoms with Gasteiger partial charge in [-0.05, 0) is 37.1 Å². The lowest BCUT2D eigenvalue weighted by molar-refractivity contribution is -0.129. The summed E-state index contributed by atoms with van der Waals surface area (Å²) in [7, 11) is 0. The molecule has 92 valence electrons. The van der Waals surface area contributed by atoms with Gasteiger partial charge in [-0.25, -0.2) is 0 Å². The molecule has 1 fully saturated rings. The van der Waals surface area contributed by atoms with Crippen LogP contribution in [0.25, 0.3) is 0 Å². The topological polar surface area (TPSA) is 46.3 Å². The summed E-state index contributed by atoms with van der Waals surface area (Å²) in [5.41, 5.74) is 6.80. The zero-order chi connectivity index (χ0) is 12.4. The molecule has 4 heteroatoms. The van der Waals surface area contributed by atoms with Gasteiger partial charge in [0, 0.05) is 17.4 Å². The molecule has 1 saturated heterocycles. The van der Waals surface area contributed by atoms with Crippen LogP contribution in [0.15, 0.2) is 28.7 Å². The molecule has 17 heavy (non-hydrogen) atoms. The van der Waals surface area contributed by atoms with Gasteiger partial charge >= 0.3 is 0 Å². The fraction of sp³-hybridized carbons (Fsp3) is 0.462. The number of hydrogen-bond donors (Lipinski definition) is 1. The molecule has 0 aromatic heterocycles. The zero-order valence-corrected chi connectivity index (χ0v) is 11.5. The Labute approximate surface area is 110 Å². The number of amides is 1. The first kappa shape index (κ1) is 12.6. The Hall–Kier alpha value is -0.870. The van der Waals surface area contributed by atoms with Crippen LogP contribution < -0.4 is 5.73 Å². The fourth-order valence-electron chi connectivity index (χ4n) is 2.26. The molecular formula is C13H17BrN2O. The SMILES string of the molecule is C[C@H](c1ccc(Br)cc1)N1CC(CN)CC1=O. The Kier molecular flexibility index (Phi) is 3.84. The van der Waals surface area contributed by atoms with Crippen LogP contribution in [0.4, 0.5) is 0 Å². The third-order valence-electron chi connectivity index (χ3n) is 3.39. The van der Waals surface area contributed by atoms with Crippen LogP contribution >= 0.6 is 15.9 Å². The number of carbonyl (C=O) groups is 1. The highest BCUT2D eigenvalue weighted by molar-refractivity contribution is 9.10. The van der Waals surface area contributed by atoms with Crippen LogP contribution in [0.3, 0.4) is 0 Å². The van der Waals surface area contributed by atoms with E-state index in [-0.39, 0.29) is 11.9 Å². The number of benzene rings is 1. The normalized spacial score (nSPS) is 21.9. The first-order valence-corrected chi connectivity index (χ1v) is 6.66. The Balaban J connectivity index is 2.12. The van der Waals surface area contributed by atoms with Crippen LogP contribution in [0.5, 0.6) is 0 Å². The number of nitrogens with two attached hydrogens (primary N) is 1. The third kappa shape index (κ3) is 2.69. The van der Waals surface area contributed by atoms with Crippen molar-refractivity contribution in [3.8, 4) is 0 Å². The lowest BCUT2D eigenvalue weighted by atomic mass is 10.1. The van der Waals surface area contributed by atoms with E-state index in [9.17, 15) is 4.79 Å². The summed E-state index contributed by atoms with van der Waals surface area (Å²) < 4.78 is 1.06. The first-order chi connectivity index (χ1) is 8.11. The van der Waals surface area contributed by atoms with Crippen molar-refractivity contribution in [2.75, 3.05) is 13.1 Å². The van der Waals surface area contributed by atoms with Crippen molar-refractivity contribution in [2.45, 2.75) is 19.4 Å². The van der Waals surface area contributed by atoms with E-state index in [2.05, 4.69) is 35.0 Å². The van der Waals surface area contributed by atoms with Crippen molar-refractivity contribution in [3.63, 3.8) is 0 Å². The lowest BCUT2D eigenvalue weighted by Gasteiger charge is -2.25. The van der Waals surface area contributed by atoms with Crippen molar-refractivity contribution in [2.24, 2.45) is 11.7 Å². The van der Waals surface area contributed by atoms with Gasteiger partial charge in [0.05, 0.1) is 6.04 Å². The molecule has 3 nitrogen and oxygen atoms in total. The average Bonchev–Trinajstić information content (AvgIpc) is 2.71. The molecule has 0 saturated carbocycles. The lowest BCUT2D eigenvalue weighted by Crippen LogP contribution is -2.29. The average molecular weight is 297 g/mol. The van der Waals surface area contributed by atoms with Crippen LogP contribution in [-0.4, -0.2) is 23.9 Å². The minimum absolute atomic E-state index is 0.132. The number of halogens is 1. The van der Waals surface area contributed by atoms with E-state index in [1.165, 1.54) is 5.56 Å². The van der Waals surface area contributed by atoms with Gasteiger partial charge < -0.3 is 10.6 Å². The molecule has 0 bridgehead atoms. The number of likely N-dealkylation sites (tertiary alicyclic amines) is 1. The summed E-state index contributed by atoms with van der Waals surface area (Å²) in [5.74, 6) is 0.538. The van der Waals surface area contributed by atoms with Gasteiger partial charge in [0.15, 0.2) is 0 Å². The Morgan fingerprint density at radius 2 is 2.12 bits per heavy atom. The number of rotatable bonds is 3. The largest absolute Gasteiger partial charge is 0.336 e. The third-order valence-corrected chi connectivity index (χ3v) is 3.92. The summed E-state index contributed by atoms with van der Waals surface area (Å²) >= 11 is 3.41. The molecule has 1 aliphatic rings. The van der Waals surface area contributed by atoms with Gasteiger partial charge in [0.1, 0.15) is 0 Å². The van der Waals surface area contributed by atoms with Gasteiger partial charge in [-0.2, -0.15) is 0 Å². The molecule has 2 rings (SSSR count). The molecule has 0 spiro atoms. The van der Waals surface area contributed by atoms with Crippen molar-refractivity contribution in [1.82, 2.24) is 4.90 Å². The maximum Gasteiger partial charge on any atom is 0.223 e. The molecule has 2 atom stereocenters. The quantitative estimate of drug-likeness (QED) is 0.930. The predicted octanol–water partition coefficient (Wildman–Crippen LogP) is 2.32. The second kappa shape index (κ2) is 5.19. The van der Waals surface area contributed by atoms with Gasteiger partial charge in [0.25, 0.3) is 0 Å². The molecule has 0 aliphatic carbocycles. The highest BCUT2D eigenvalue weighted by atomic mass is 79.9. The van der Waals surface area contributed by atoms with Gasteiger partial charge in [0.2, 0.25) is 5.91 Å². The van der Waals surface area contributed by atoms with E-state index in [1.54, 1.807) is 0 Å². The first-order valence-electron chi connectivity index (χ1n) is 5.87. The maximum atomic E-state index is 11.9. The smallest absolute Gasteiger partial charge is 0.223 e. The Morgan fingerprint density at radius 3 is 2.65 bits per heavy atom. The number of carbonyl (C=O) groups excluding carboxylic acids is 1. The minimum atomic E-state index is 0.132. The Morgan fingerprint density at radius 1 is 1.47 bits per heavy atom. The molecule has 1 unspecified atom stereocenters. The molecule has 1 aliphatic heterocycles. The van der Waals surface area contributed by atoms with E-state index in [0.29, 0.717) is 18.9 Å². The Bertz CT molecular complexity index is 404. The summed E-state index contributed by atoms with van der Waals surface area (Å²) in [6.45, 7) is 3.45. The van der Waals surface area contributed by atoms with Gasteiger partial charge in [-0.3, -0.25) is 4.79 Å². The van der Waals surface area contributed by atoms with E-state index in [0.717, 1.165) is 11.0 Å². The van der Waals surface area contributed by atoms with Crippen LogP contribution in [-0.2, 0) is 4.79 Å². The summed E-state index contributed by atoms with van der Waals surface area (Å²) in [6, 6.07) is 8.25.